The van der Waals surface area contributed by atoms with E-state index in [9.17, 15) is 0 Å². The van der Waals surface area contributed by atoms with Gasteiger partial charge in [-0.2, -0.15) is 0 Å². The molecule has 1 fully saturated rings. The van der Waals surface area contributed by atoms with Gasteiger partial charge in [0.05, 0.1) is 11.7 Å². The van der Waals surface area contributed by atoms with Crippen molar-refractivity contribution in [2.24, 2.45) is 0 Å². The Kier molecular flexibility index (Phi) is 3.98. The first-order valence-corrected chi connectivity index (χ1v) is 8.03. The second-order valence-corrected chi connectivity index (χ2v) is 6.66. The van der Waals surface area contributed by atoms with Crippen molar-refractivity contribution in [3.8, 4) is 11.3 Å². The molecule has 0 amide bonds. The van der Waals surface area contributed by atoms with Crippen molar-refractivity contribution in [1.82, 2.24) is 15.2 Å². The lowest BCUT2D eigenvalue weighted by Crippen LogP contribution is -2.43. The van der Waals surface area contributed by atoms with Crippen LogP contribution in [0.5, 0.6) is 0 Å². The van der Waals surface area contributed by atoms with E-state index in [1.54, 1.807) is 11.3 Å². The van der Waals surface area contributed by atoms with Crippen molar-refractivity contribution in [2.45, 2.75) is 6.04 Å². The zero-order valence-corrected chi connectivity index (χ0v) is 13.2. The van der Waals surface area contributed by atoms with Crippen LogP contribution >= 0.6 is 27.3 Å². The van der Waals surface area contributed by atoms with E-state index in [0.29, 0.717) is 6.04 Å². The van der Waals surface area contributed by atoms with Crippen molar-refractivity contribution < 1.29 is 0 Å². The van der Waals surface area contributed by atoms with Crippen LogP contribution in [0.4, 0.5) is 0 Å². The van der Waals surface area contributed by atoms with E-state index in [4.69, 9.17) is 4.98 Å². The van der Waals surface area contributed by atoms with Crippen LogP contribution in [0.3, 0.4) is 0 Å². The predicted octanol–water partition coefficient (Wildman–Crippen LogP) is 3.15. The summed E-state index contributed by atoms with van der Waals surface area (Å²) in [6, 6.07) is 8.66. The number of hydrogen-bond donors (Lipinski definition) is 1. The van der Waals surface area contributed by atoms with Crippen molar-refractivity contribution in [3.05, 3.63) is 39.1 Å². The molecule has 1 aliphatic heterocycles. The number of benzene rings is 1. The smallest absolute Gasteiger partial charge is 0.112 e. The Labute approximate surface area is 125 Å². The van der Waals surface area contributed by atoms with Gasteiger partial charge in [0.1, 0.15) is 5.01 Å². The van der Waals surface area contributed by atoms with Crippen LogP contribution in [0.1, 0.15) is 11.0 Å². The molecule has 1 N–H and O–H groups in total. The van der Waals surface area contributed by atoms with Crippen LogP contribution < -0.4 is 5.32 Å². The molecule has 0 bridgehead atoms. The lowest BCUT2D eigenvalue weighted by atomic mass is 10.2. The van der Waals surface area contributed by atoms with Crippen LogP contribution in [0.25, 0.3) is 11.3 Å². The fourth-order valence-electron chi connectivity index (χ4n) is 2.29. The van der Waals surface area contributed by atoms with E-state index in [2.05, 4.69) is 50.7 Å². The summed E-state index contributed by atoms with van der Waals surface area (Å²) in [5, 5.41) is 6.87. The average molecular weight is 338 g/mol. The Bertz CT molecular complexity index is 569. The van der Waals surface area contributed by atoms with Gasteiger partial charge >= 0.3 is 0 Å². The minimum absolute atomic E-state index is 0.365. The number of halogens is 1. The van der Waals surface area contributed by atoms with E-state index < -0.39 is 0 Å². The lowest BCUT2D eigenvalue weighted by Gasteiger charge is -2.29. The minimum Gasteiger partial charge on any atom is -0.306 e. The second kappa shape index (κ2) is 5.71. The molecular weight excluding hydrogens is 322 g/mol. The summed E-state index contributed by atoms with van der Waals surface area (Å²) >= 11 is 5.25. The summed E-state index contributed by atoms with van der Waals surface area (Å²) < 4.78 is 1.09. The molecule has 0 saturated carbocycles. The first kappa shape index (κ1) is 13.2. The molecule has 1 aliphatic rings. The van der Waals surface area contributed by atoms with E-state index >= 15 is 0 Å². The van der Waals surface area contributed by atoms with Crippen molar-refractivity contribution in [3.63, 3.8) is 0 Å². The van der Waals surface area contributed by atoms with Gasteiger partial charge in [0.25, 0.3) is 0 Å². The molecule has 1 atom stereocenters. The molecule has 2 aromatic rings. The first-order chi connectivity index (χ1) is 9.22. The Hall–Kier alpha value is -0.750. The number of thiazole rings is 1. The predicted molar refractivity (Wildman–Crippen MR) is 83.5 cm³/mol. The zero-order valence-electron chi connectivity index (χ0n) is 10.8. The monoisotopic (exact) mass is 337 g/mol. The Morgan fingerprint density at radius 3 is 3.16 bits per heavy atom. The topological polar surface area (TPSA) is 28.2 Å². The largest absolute Gasteiger partial charge is 0.306 e. The van der Waals surface area contributed by atoms with Gasteiger partial charge in [-0.25, -0.2) is 4.98 Å². The summed E-state index contributed by atoms with van der Waals surface area (Å²) in [5.41, 5.74) is 2.23. The SMILES string of the molecule is CN1CCNC(c2nc(-c3cccc(Br)c3)cs2)C1. The third-order valence-corrected chi connectivity index (χ3v) is 4.77. The number of nitrogens with zero attached hydrogens (tertiary/aromatic N) is 2. The summed E-state index contributed by atoms with van der Waals surface area (Å²) in [4.78, 5) is 7.14. The summed E-state index contributed by atoms with van der Waals surface area (Å²) in [7, 11) is 2.16. The van der Waals surface area contributed by atoms with Crippen LogP contribution in [0, 0.1) is 0 Å². The molecular formula is C14H16BrN3S. The van der Waals surface area contributed by atoms with Gasteiger partial charge in [0, 0.05) is 35.1 Å². The molecule has 1 aromatic carbocycles. The normalized spacial score (nSPS) is 20.6. The molecule has 2 heterocycles. The van der Waals surface area contributed by atoms with Gasteiger partial charge in [-0.15, -0.1) is 11.3 Å². The van der Waals surface area contributed by atoms with E-state index in [-0.39, 0.29) is 0 Å². The van der Waals surface area contributed by atoms with Gasteiger partial charge in [-0.1, -0.05) is 28.1 Å². The minimum atomic E-state index is 0.365. The van der Waals surface area contributed by atoms with E-state index in [1.807, 2.05) is 12.1 Å². The molecule has 3 nitrogen and oxygen atoms in total. The van der Waals surface area contributed by atoms with Crippen LogP contribution in [-0.4, -0.2) is 36.6 Å². The Balaban J connectivity index is 1.83. The number of nitrogens with one attached hydrogen (secondary N) is 1. The van der Waals surface area contributed by atoms with Crippen molar-refractivity contribution >= 4 is 27.3 Å². The van der Waals surface area contributed by atoms with Gasteiger partial charge in [-0.3, -0.25) is 0 Å². The number of rotatable bonds is 2. The maximum atomic E-state index is 4.79. The molecule has 5 heteroatoms. The number of likely N-dealkylation sites (N-methyl/N-ethyl adjacent to an activating group) is 1. The third-order valence-electron chi connectivity index (χ3n) is 3.32. The van der Waals surface area contributed by atoms with E-state index in [1.165, 1.54) is 10.6 Å². The highest BCUT2D eigenvalue weighted by Crippen LogP contribution is 2.28. The molecule has 1 saturated heterocycles. The highest BCUT2D eigenvalue weighted by atomic mass is 79.9. The fraction of sp³-hybridized carbons (Fsp3) is 0.357. The molecule has 0 aliphatic carbocycles. The van der Waals surface area contributed by atoms with E-state index in [0.717, 1.165) is 29.8 Å². The summed E-state index contributed by atoms with van der Waals surface area (Å²) in [5.74, 6) is 0. The molecule has 1 unspecified atom stereocenters. The molecule has 100 valence electrons. The zero-order chi connectivity index (χ0) is 13.2. The lowest BCUT2D eigenvalue weighted by molar-refractivity contribution is 0.240. The van der Waals surface area contributed by atoms with Gasteiger partial charge in [0.15, 0.2) is 0 Å². The number of aromatic nitrogens is 1. The van der Waals surface area contributed by atoms with Crippen LogP contribution in [-0.2, 0) is 0 Å². The van der Waals surface area contributed by atoms with Gasteiger partial charge < -0.3 is 10.2 Å². The highest BCUT2D eigenvalue weighted by Gasteiger charge is 2.21. The van der Waals surface area contributed by atoms with Crippen LogP contribution in [0.15, 0.2) is 34.1 Å². The first-order valence-electron chi connectivity index (χ1n) is 6.35. The average Bonchev–Trinajstić information content (AvgIpc) is 2.88. The number of piperazine rings is 1. The second-order valence-electron chi connectivity index (χ2n) is 4.85. The summed E-state index contributed by atoms with van der Waals surface area (Å²) in [6.07, 6.45) is 0. The molecule has 3 rings (SSSR count). The quantitative estimate of drug-likeness (QED) is 0.912. The Morgan fingerprint density at radius 2 is 2.37 bits per heavy atom. The number of hydrogen-bond acceptors (Lipinski definition) is 4. The maximum Gasteiger partial charge on any atom is 0.112 e. The molecule has 19 heavy (non-hydrogen) atoms. The van der Waals surface area contributed by atoms with Gasteiger partial charge in [0.2, 0.25) is 0 Å². The Morgan fingerprint density at radius 1 is 1.47 bits per heavy atom. The van der Waals surface area contributed by atoms with Gasteiger partial charge in [-0.05, 0) is 19.2 Å². The van der Waals surface area contributed by atoms with Crippen LogP contribution in [0.2, 0.25) is 0 Å². The molecule has 0 radical (unpaired) electrons. The third kappa shape index (κ3) is 3.05. The van der Waals surface area contributed by atoms with Crippen molar-refractivity contribution in [2.75, 3.05) is 26.7 Å². The van der Waals surface area contributed by atoms with Crippen molar-refractivity contribution in [1.29, 1.82) is 0 Å². The fourth-order valence-corrected chi connectivity index (χ4v) is 3.58. The molecule has 0 spiro atoms. The summed E-state index contributed by atoms with van der Waals surface area (Å²) in [6.45, 7) is 3.18. The standard InChI is InChI=1S/C14H16BrN3S/c1-18-6-5-16-12(8-18)14-17-13(9-19-14)10-3-2-4-11(15)7-10/h2-4,7,9,12,16H,5-6,8H2,1H3. The molecule has 1 aromatic heterocycles. The maximum absolute atomic E-state index is 4.79. The highest BCUT2D eigenvalue weighted by molar-refractivity contribution is 9.10.